The van der Waals surface area contributed by atoms with E-state index in [9.17, 15) is 9.59 Å². The summed E-state index contributed by atoms with van der Waals surface area (Å²) in [6, 6.07) is 17.8. The predicted octanol–water partition coefficient (Wildman–Crippen LogP) is 6.21. The normalized spacial score (nSPS) is 15.9. The van der Waals surface area contributed by atoms with Gasteiger partial charge < -0.3 is 23.5 Å². The van der Waals surface area contributed by atoms with Gasteiger partial charge >= 0.3 is 0 Å². The lowest BCUT2D eigenvalue weighted by atomic mass is 9.98. The Labute approximate surface area is 221 Å². The van der Waals surface area contributed by atoms with Gasteiger partial charge in [-0.25, -0.2) is 0 Å². The molecule has 3 aromatic carbocycles. The SMILES string of the molecule is CCCCOc1ccc(C2c3c(oc4ccc(Br)cc4c3=O)C(=O)N2Cc2ccc3c(c2)OCO3)cc1. The van der Waals surface area contributed by atoms with Crippen LogP contribution in [0.15, 0.2) is 74.3 Å². The Morgan fingerprint density at radius 2 is 1.81 bits per heavy atom. The molecule has 0 bridgehead atoms. The second-order valence-electron chi connectivity index (χ2n) is 9.11. The van der Waals surface area contributed by atoms with Crippen LogP contribution >= 0.6 is 15.9 Å². The molecule has 1 unspecified atom stereocenters. The lowest BCUT2D eigenvalue weighted by Gasteiger charge is -2.25. The van der Waals surface area contributed by atoms with Crippen LogP contribution < -0.4 is 19.6 Å². The van der Waals surface area contributed by atoms with Crippen molar-refractivity contribution < 1.29 is 23.4 Å². The van der Waals surface area contributed by atoms with Crippen molar-refractivity contribution in [1.82, 2.24) is 4.90 Å². The molecular formula is C29H24BrNO6. The molecule has 0 N–H and O–H groups in total. The van der Waals surface area contributed by atoms with Gasteiger partial charge in [-0.2, -0.15) is 0 Å². The number of unbranched alkanes of at least 4 members (excludes halogenated alkanes) is 1. The molecule has 6 rings (SSSR count). The summed E-state index contributed by atoms with van der Waals surface area (Å²) in [5, 5.41) is 0.426. The molecule has 188 valence electrons. The van der Waals surface area contributed by atoms with Crippen molar-refractivity contribution in [2.75, 3.05) is 13.4 Å². The van der Waals surface area contributed by atoms with Crippen LogP contribution in [0.4, 0.5) is 0 Å². The van der Waals surface area contributed by atoms with Crippen molar-refractivity contribution >= 4 is 32.8 Å². The highest BCUT2D eigenvalue weighted by molar-refractivity contribution is 9.10. The van der Waals surface area contributed by atoms with Crippen molar-refractivity contribution in [3.05, 3.63) is 97.8 Å². The number of hydrogen-bond acceptors (Lipinski definition) is 6. The number of rotatable bonds is 7. The van der Waals surface area contributed by atoms with Gasteiger partial charge in [0.2, 0.25) is 12.6 Å². The number of halogens is 1. The number of amides is 1. The van der Waals surface area contributed by atoms with Crippen LogP contribution in [0.25, 0.3) is 11.0 Å². The van der Waals surface area contributed by atoms with Crippen LogP contribution in [-0.4, -0.2) is 24.2 Å². The molecule has 7 nitrogen and oxygen atoms in total. The summed E-state index contributed by atoms with van der Waals surface area (Å²) in [4.78, 5) is 29.2. The second kappa shape index (κ2) is 9.59. The van der Waals surface area contributed by atoms with E-state index in [1.807, 2.05) is 42.5 Å². The standard InChI is InChI=1S/C29H24BrNO6/c1-2-3-12-34-20-8-5-18(6-9-20)26-25-27(32)21-14-19(30)7-11-22(21)37-28(25)29(33)31(26)15-17-4-10-23-24(13-17)36-16-35-23/h4-11,13-14,26H,2-3,12,15-16H2,1H3. The molecule has 0 saturated heterocycles. The molecule has 4 aromatic rings. The van der Waals surface area contributed by atoms with Crippen molar-refractivity contribution in [2.24, 2.45) is 0 Å². The van der Waals surface area contributed by atoms with E-state index >= 15 is 0 Å². The molecule has 0 fully saturated rings. The highest BCUT2D eigenvalue weighted by Gasteiger charge is 2.42. The molecule has 0 saturated carbocycles. The number of ether oxygens (including phenoxy) is 3. The van der Waals surface area contributed by atoms with Crippen LogP contribution in [0.5, 0.6) is 17.2 Å². The fraction of sp³-hybridized carbons (Fsp3) is 0.241. The molecule has 0 spiro atoms. The maximum Gasteiger partial charge on any atom is 0.291 e. The molecule has 0 aliphatic carbocycles. The molecule has 2 aliphatic heterocycles. The Morgan fingerprint density at radius 1 is 1.00 bits per heavy atom. The van der Waals surface area contributed by atoms with Gasteiger partial charge in [0.1, 0.15) is 11.3 Å². The van der Waals surface area contributed by atoms with Crippen molar-refractivity contribution in [2.45, 2.75) is 32.4 Å². The van der Waals surface area contributed by atoms with Gasteiger partial charge in [-0.05, 0) is 60.0 Å². The maximum absolute atomic E-state index is 13.8. The van der Waals surface area contributed by atoms with Gasteiger partial charge in [0, 0.05) is 11.0 Å². The first-order chi connectivity index (χ1) is 18.0. The zero-order valence-electron chi connectivity index (χ0n) is 20.2. The molecule has 37 heavy (non-hydrogen) atoms. The summed E-state index contributed by atoms with van der Waals surface area (Å²) in [7, 11) is 0. The number of carbonyl (C=O) groups excluding carboxylic acids is 1. The fourth-order valence-corrected chi connectivity index (χ4v) is 5.18. The first kappa shape index (κ1) is 23.6. The molecule has 0 radical (unpaired) electrons. The van der Waals surface area contributed by atoms with Gasteiger partial charge in [0.25, 0.3) is 5.91 Å². The minimum absolute atomic E-state index is 0.0776. The van der Waals surface area contributed by atoms with Crippen LogP contribution in [0.1, 0.15) is 53.1 Å². The average molecular weight is 562 g/mol. The van der Waals surface area contributed by atoms with Crippen LogP contribution in [-0.2, 0) is 6.54 Å². The number of carbonyl (C=O) groups is 1. The summed E-state index contributed by atoms with van der Waals surface area (Å²) in [6.07, 6.45) is 2.02. The second-order valence-corrected chi connectivity index (χ2v) is 10.0. The summed E-state index contributed by atoms with van der Waals surface area (Å²) in [6.45, 7) is 3.19. The van der Waals surface area contributed by atoms with E-state index in [-0.39, 0.29) is 30.4 Å². The van der Waals surface area contributed by atoms with Gasteiger partial charge in [-0.15, -0.1) is 0 Å². The van der Waals surface area contributed by atoms with E-state index in [4.69, 9.17) is 18.6 Å². The van der Waals surface area contributed by atoms with Gasteiger partial charge in [-0.3, -0.25) is 9.59 Å². The zero-order valence-corrected chi connectivity index (χ0v) is 21.7. The Hall–Kier alpha value is -3.78. The van der Waals surface area contributed by atoms with E-state index in [1.165, 1.54) is 0 Å². The molecule has 8 heteroatoms. The number of benzene rings is 3. The van der Waals surface area contributed by atoms with E-state index in [2.05, 4.69) is 22.9 Å². The molecule has 2 aliphatic rings. The lowest BCUT2D eigenvalue weighted by Crippen LogP contribution is -2.29. The van der Waals surface area contributed by atoms with Crippen molar-refractivity contribution in [1.29, 1.82) is 0 Å². The Balaban J connectivity index is 1.44. The van der Waals surface area contributed by atoms with Crippen LogP contribution in [0, 0.1) is 0 Å². The minimum Gasteiger partial charge on any atom is -0.494 e. The Morgan fingerprint density at radius 3 is 2.62 bits per heavy atom. The molecule has 1 atom stereocenters. The lowest BCUT2D eigenvalue weighted by molar-refractivity contribution is 0.0714. The summed E-state index contributed by atoms with van der Waals surface area (Å²) in [5.41, 5.74) is 2.17. The van der Waals surface area contributed by atoms with Crippen molar-refractivity contribution in [3.8, 4) is 17.2 Å². The molecular weight excluding hydrogens is 538 g/mol. The van der Waals surface area contributed by atoms with E-state index < -0.39 is 6.04 Å². The Bertz CT molecular complexity index is 1560. The summed E-state index contributed by atoms with van der Waals surface area (Å²) >= 11 is 3.44. The summed E-state index contributed by atoms with van der Waals surface area (Å²) in [5.74, 6) is 1.80. The van der Waals surface area contributed by atoms with E-state index in [0.29, 0.717) is 34.6 Å². The molecule has 1 aromatic heterocycles. The van der Waals surface area contributed by atoms with Crippen LogP contribution in [0.3, 0.4) is 0 Å². The van der Waals surface area contributed by atoms with Gasteiger partial charge in [-0.1, -0.05) is 47.5 Å². The summed E-state index contributed by atoms with van der Waals surface area (Å²) < 4.78 is 23.6. The number of fused-ring (bicyclic) bond motifs is 3. The Kier molecular flexibility index (Phi) is 6.12. The fourth-order valence-electron chi connectivity index (χ4n) is 4.82. The number of hydrogen-bond donors (Lipinski definition) is 0. The monoisotopic (exact) mass is 561 g/mol. The third kappa shape index (κ3) is 4.25. The minimum atomic E-state index is -0.614. The van der Waals surface area contributed by atoms with E-state index in [0.717, 1.165) is 34.2 Å². The first-order valence-electron chi connectivity index (χ1n) is 12.2. The van der Waals surface area contributed by atoms with Crippen LogP contribution in [0.2, 0.25) is 0 Å². The quantitative estimate of drug-likeness (QED) is 0.250. The molecule has 3 heterocycles. The van der Waals surface area contributed by atoms with E-state index in [1.54, 1.807) is 23.1 Å². The first-order valence-corrected chi connectivity index (χ1v) is 13.0. The zero-order chi connectivity index (χ0) is 25.5. The third-order valence-electron chi connectivity index (χ3n) is 6.68. The smallest absolute Gasteiger partial charge is 0.291 e. The largest absolute Gasteiger partial charge is 0.494 e. The van der Waals surface area contributed by atoms with Gasteiger partial charge in [0.05, 0.1) is 23.6 Å². The molecule has 1 amide bonds. The highest BCUT2D eigenvalue weighted by atomic mass is 79.9. The third-order valence-corrected chi connectivity index (χ3v) is 7.17. The predicted molar refractivity (Wildman–Crippen MR) is 141 cm³/mol. The van der Waals surface area contributed by atoms with Gasteiger partial charge in [0.15, 0.2) is 16.9 Å². The maximum atomic E-state index is 13.8. The highest BCUT2D eigenvalue weighted by Crippen LogP contribution is 2.41. The van der Waals surface area contributed by atoms with Crippen molar-refractivity contribution in [3.63, 3.8) is 0 Å². The topological polar surface area (TPSA) is 78.2 Å². The number of nitrogens with zero attached hydrogens (tertiary/aromatic N) is 1. The average Bonchev–Trinajstić information content (AvgIpc) is 3.48.